The zero-order valence-electron chi connectivity index (χ0n) is 12.3. The number of carboxylic acid groups (broad SMARTS) is 1. The molecule has 0 unspecified atom stereocenters. The van der Waals surface area contributed by atoms with E-state index < -0.39 is 5.97 Å². The second-order valence-corrected chi connectivity index (χ2v) is 5.06. The van der Waals surface area contributed by atoms with Gasteiger partial charge in [0.05, 0.1) is 5.56 Å². The van der Waals surface area contributed by atoms with Gasteiger partial charge < -0.3 is 5.11 Å². The first-order valence-electron chi connectivity index (χ1n) is 6.98. The highest BCUT2D eigenvalue weighted by molar-refractivity contribution is 5.88. The van der Waals surface area contributed by atoms with Crippen LogP contribution in [0, 0.1) is 6.92 Å². The minimum Gasteiger partial charge on any atom is -0.478 e. The largest absolute Gasteiger partial charge is 0.478 e. The van der Waals surface area contributed by atoms with Crippen molar-refractivity contribution < 1.29 is 14.7 Å². The SMILES string of the molecule is Cc1ccc(/C=C/CC(=O)Cc2ccc(C(=O)O)cc2)cn1. The number of allylic oxidation sites excluding steroid dienone is 1. The molecule has 2 aromatic rings. The number of carbonyl (C=O) groups excluding carboxylic acids is 1. The molecule has 0 aliphatic carbocycles. The number of Topliss-reactive ketones (excluding diaryl/α,β-unsaturated/α-hetero) is 1. The molecule has 0 bridgehead atoms. The Hall–Kier alpha value is -2.75. The molecule has 0 aliphatic rings. The van der Waals surface area contributed by atoms with Crippen LogP contribution >= 0.6 is 0 Å². The third kappa shape index (κ3) is 4.66. The summed E-state index contributed by atoms with van der Waals surface area (Å²) < 4.78 is 0. The first-order chi connectivity index (χ1) is 10.5. The van der Waals surface area contributed by atoms with E-state index in [1.54, 1.807) is 18.3 Å². The molecule has 112 valence electrons. The van der Waals surface area contributed by atoms with Crippen LogP contribution in [0.1, 0.15) is 33.6 Å². The van der Waals surface area contributed by atoms with Crippen LogP contribution in [-0.4, -0.2) is 21.8 Å². The van der Waals surface area contributed by atoms with Gasteiger partial charge in [-0.25, -0.2) is 4.79 Å². The van der Waals surface area contributed by atoms with Crippen LogP contribution in [-0.2, 0) is 11.2 Å². The Balaban J connectivity index is 1.87. The molecule has 0 fully saturated rings. The van der Waals surface area contributed by atoms with Crippen molar-refractivity contribution in [1.82, 2.24) is 4.98 Å². The number of benzene rings is 1. The van der Waals surface area contributed by atoms with Crippen molar-refractivity contribution in [3.8, 4) is 0 Å². The molecule has 1 heterocycles. The predicted octanol–water partition coefficient (Wildman–Crippen LogP) is 3.30. The van der Waals surface area contributed by atoms with Crippen molar-refractivity contribution in [2.75, 3.05) is 0 Å². The van der Waals surface area contributed by atoms with E-state index >= 15 is 0 Å². The molecule has 1 aromatic heterocycles. The fourth-order valence-corrected chi connectivity index (χ4v) is 1.97. The number of hydrogen-bond donors (Lipinski definition) is 1. The number of nitrogens with zero attached hydrogens (tertiary/aromatic N) is 1. The van der Waals surface area contributed by atoms with Gasteiger partial charge in [0, 0.05) is 24.7 Å². The number of pyridine rings is 1. The highest BCUT2D eigenvalue weighted by Crippen LogP contribution is 2.08. The highest BCUT2D eigenvalue weighted by Gasteiger charge is 2.05. The van der Waals surface area contributed by atoms with Gasteiger partial charge in [0.1, 0.15) is 5.78 Å². The highest BCUT2D eigenvalue weighted by atomic mass is 16.4. The molecule has 22 heavy (non-hydrogen) atoms. The van der Waals surface area contributed by atoms with Gasteiger partial charge in [-0.2, -0.15) is 0 Å². The number of carbonyl (C=O) groups is 2. The summed E-state index contributed by atoms with van der Waals surface area (Å²) in [6.45, 7) is 1.92. The third-order valence-electron chi connectivity index (χ3n) is 3.19. The Morgan fingerprint density at radius 3 is 2.45 bits per heavy atom. The van der Waals surface area contributed by atoms with E-state index in [2.05, 4.69) is 4.98 Å². The van der Waals surface area contributed by atoms with Gasteiger partial charge in [-0.15, -0.1) is 0 Å². The summed E-state index contributed by atoms with van der Waals surface area (Å²) in [5.41, 5.74) is 2.96. The van der Waals surface area contributed by atoms with Crippen molar-refractivity contribution in [2.45, 2.75) is 19.8 Å². The van der Waals surface area contributed by atoms with Crippen molar-refractivity contribution in [2.24, 2.45) is 0 Å². The lowest BCUT2D eigenvalue weighted by molar-refractivity contribution is -0.117. The molecule has 4 heteroatoms. The van der Waals surface area contributed by atoms with Crippen LogP contribution in [0.15, 0.2) is 48.7 Å². The van der Waals surface area contributed by atoms with Crippen molar-refractivity contribution in [1.29, 1.82) is 0 Å². The van der Waals surface area contributed by atoms with Crippen LogP contribution in [0.4, 0.5) is 0 Å². The minimum absolute atomic E-state index is 0.0828. The third-order valence-corrected chi connectivity index (χ3v) is 3.19. The maximum atomic E-state index is 11.9. The monoisotopic (exact) mass is 295 g/mol. The van der Waals surface area contributed by atoms with Gasteiger partial charge in [0.25, 0.3) is 0 Å². The number of rotatable bonds is 6. The Labute approximate surface area is 129 Å². The van der Waals surface area contributed by atoms with E-state index in [0.29, 0.717) is 12.8 Å². The van der Waals surface area contributed by atoms with Crippen LogP contribution in [0.5, 0.6) is 0 Å². The van der Waals surface area contributed by atoms with Crippen LogP contribution in [0.25, 0.3) is 6.08 Å². The zero-order valence-corrected chi connectivity index (χ0v) is 12.3. The second-order valence-electron chi connectivity index (χ2n) is 5.06. The van der Waals surface area contributed by atoms with Crippen LogP contribution in [0.3, 0.4) is 0 Å². The summed E-state index contributed by atoms with van der Waals surface area (Å²) in [7, 11) is 0. The van der Waals surface area contributed by atoms with Crippen molar-refractivity contribution >= 4 is 17.8 Å². The fourth-order valence-electron chi connectivity index (χ4n) is 1.97. The number of aromatic nitrogens is 1. The average Bonchev–Trinajstić information content (AvgIpc) is 2.50. The summed E-state index contributed by atoms with van der Waals surface area (Å²) in [5, 5.41) is 8.82. The first kappa shape index (κ1) is 15.6. The molecule has 0 radical (unpaired) electrons. The lowest BCUT2D eigenvalue weighted by Crippen LogP contribution is -2.02. The molecule has 1 aromatic carbocycles. The predicted molar refractivity (Wildman–Crippen MR) is 84.7 cm³/mol. The van der Waals surface area contributed by atoms with E-state index in [-0.39, 0.29) is 11.3 Å². The van der Waals surface area contributed by atoms with E-state index in [4.69, 9.17) is 5.11 Å². The molecule has 0 spiro atoms. The summed E-state index contributed by atoms with van der Waals surface area (Å²) >= 11 is 0. The normalized spacial score (nSPS) is 10.8. The quantitative estimate of drug-likeness (QED) is 0.888. The second kappa shape index (κ2) is 7.31. The molecule has 1 N–H and O–H groups in total. The molecular weight excluding hydrogens is 278 g/mol. The number of carboxylic acids is 1. The maximum Gasteiger partial charge on any atom is 0.335 e. The van der Waals surface area contributed by atoms with Gasteiger partial charge in [-0.3, -0.25) is 9.78 Å². The Kier molecular flexibility index (Phi) is 5.20. The summed E-state index contributed by atoms with van der Waals surface area (Å²) in [4.78, 5) is 26.8. The smallest absolute Gasteiger partial charge is 0.335 e. The Morgan fingerprint density at radius 1 is 1.14 bits per heavy atom. The first-order valence-corrected chi connectivity index (χ1v) is 6.98. The molecule has 2 rings (SSSR count). The van der Waals surface area contributed by atoms with Crippen molar-refractivity contribution in [3.05, 3.63) is 71.1 Å². The van der Waals surface area contributed by atoms with Gasteiger partial charge >= 0.3 is 5.97 Å². The standard InChI is InChI=1S/C18H17NO3/c1-13-5-6-15(12-19-13)3-2-4-17(20)11-14-7-9-16(10-8-14)18(21)22/h2-3,5-10,12H,4,11H2,1H3,(H,21,22)/b3-2+. The lowest BCUT2D eigenvalue weighted by Gasteiger charge is -2.00. The summed E-state index contributed by atoms with van der Waals surface area (Å²) in [5.74, 6) is -0.882. The lowest BCUT2D eigenvalue weighted by atomic mass is 10.0. The molecular formula is C18H17NO3. The number of ketones is 1. The molecule has 0 saturated carbocycles. The Bertz CT molecular complexity index is 685. The number of aryl methyl sites for hydroxylation is 1. The zero-order chi connectivity index (χ0) is 15.9. The van der Waals surface area contributed by atoms with E-state index in [1.165, 1.54) is 12.1 Å². The molecule has 0 amide bonds. The van der Waals surface area contributed by atoms with Gasteiger partial charge in [-0.1, -0.05) is 30.4 Å². The maximum absolute atomic E-state index is 11.9. The fraction of sp³-hybridized carbons (Fsp3) is 0.167. The van der Waals surface area contributed by atoms with Crippen molar-refractivity contribution in [3.63, 3.8) is 0 Å². The van der Waals surface area contributed by atoms with E-state index in [9.17, 15) is 9.59 Å². The summed E-state index contributed by atoms with van der Waals surface area (Å²) in [6.07, 6.45) is 6.10. The van der Waals surface area contributed by atoms with E-state index in [0.717, 1.165) is 16.8 Å². The van der Waals surface area contributed by atoms with Crippen LogP contribution < -0.4 is 0 Å². The summed E-state index contributed by atoms with van der Waals surface area (Å²) in [6, 6.07) is 10.3. The minimum atomic E-state index is -0.965. The van der Waals surface area contributed by atoms with Crippen LogP contribution in [0.2, 0.25) is 0 Å². The Morgan fingerprint density at radius 2 is 1.86 bits per heavy atom. The molecule has 0 saturated heterocycles. The average molecular weight is 295 g/mol. The number of hydrogen-bond acceptors (Lipinski definition) is 3. The topological polar surface area (TPSA) is 67.3 Å². The van der Waals surface area contributed by atoms with E-state index in [1.807, 2.05) is 31.2 Å². The van der Waals surface area contributed by atoms with Gasteiger partial charge in [0.15, 0.2) is 0 Å². The molecule has 0 atom stereocenters. The molecule has 4 nitrogen and oxygen atoms in total. The van der Waals surface area contributed by atoms with Gasteiger partial charge in [-0.05, 0) is 36.2 Å². The number of aromatic carboxylic acids is 1. The molecule has 0 aliphatic heterocycles. The van der Waals surface area contributed by atoms with Gasteiger partial charge in [0.2, 0.25) is 0 Å².